The van der Waals surface area contributed by atoms with Crippen LogP contribution in [0.25, 0.3) is 0 Å². The van der Waals surface area contributed by atoms with Gasteiger partial charge in [0.05, 0.1) is 0 Å². The molecule has 1 aromatic heterocycles. The fourth-order valence-electron chi connectivity index (χ4n) is 2.07. The summed E-state index contributed by atoms with van der Waals surface area (Å²) >= 11 is 0. The molecular formula is C15H18N4O. The molecule has 1 saturated carbocycles. The van der Waals surface area contributed by atoms with Gasteiger partial charge in [-0.15, -0.1) is 5.10 Å². The van der Waals surface area contributed by atoms with Crippen LogP contribution in [-0.4, -0.2) is 21.1 Å². The van der Waals surface area contributed by atoms with Crippen LogP contribution in [0.5, 0.6) is 0 Å². The van der Waals surface area contributed by atoms with Crippen molar-refractivity contribution in [2.24, 2.45) is 0 Å². The van der Waals surface area contributed by atoms with Gasteiger partial charge in [-0.1, -0.05) is 31.2 Å². The Morgan fingerprint density at radius 2 is 2.00 bits per heavy atom. The van der Waals surface area contributed by atoms with Crippen molar-refractivity contribution >= 4 is 5.91 Å². The van der Waals surface area contributed by atoms with E-state index in [1.807, 2.05) is 12.1 Å². The zero-order valence-corrected chi connectivity index (χ0v) is 11.5. The molecule has 0 atom stereocenters. The third kappa shape index (κ3) is 2.87. The van der Waals surface area contributed by atoms with E-state index in [9.17, 15) is 4.79 Å². The summed E-state index contributed by atoms with van der Waals surface area (Å²) in [6, 6.07) is 8.23. The Balaban J connectivity index is 1.57. The number of aromatic amines is 1. The molecule has 0 saturated heterocycles. The number of amides is 1. The molecule has 3 rings (SSSR count). The van der Waals surface area contributed by atoms with E-state index in [2.05, 4.69) is 39.6 Å². The lowest BCUT2D eigenvalue weighted by atomic mass is 10.1. The van der Waals surface area contributed by atoms with Crippen LogP contribution in [-0.2, 0) is 13.0 Å². The first-order valence-electron chi connectivity index (χ1n) is 7.04. The van der Waals surface area contributed by atoms with Gasteiger partial charge in [0.1, 0.15) is 5.82 Å². The first-order valence-corrected chi connectivity index (χ1v) is 7.04. The molecule has 1 aliphatic rings. The van der Waals surface area contributed by atoms with Crippen LogP contribution in [0.2, 0.25) is 0 Å². The van der Waals surface area contributed by atoms with E-state index in [1.165, 1.54) is 5.56 Å². The van der Waals surface area contributed by atoms with E-state index >= 15 is 0 Å². The average molecular weight is 270 g/mol. The molecule has 1 heterocycles. The quantitative estimate of drug-likeness (QED) is 0.874. The summed E-state index contributed by atoms with van der Waals surface area (Å²) in [6.45, 7) is 2.62. The molecule has 0 spiro atoms. The molecule has 1 aromatic carbocycles. The number of nitrogens with zero attached hydrogens (tertiary/aromatic N) is 2. The van der Waals surface area contributed by atoms with Crippen molar-refractivity contribution in [2.45, 2.75) is 38.6 Å². The largest absolute Gasteiger partial charge is 0.345 e. The number of aromatic nitrogens is 3. The number of carbonyl (C=O) groups is 1. The molecule has 0 unspecified atom stereocenters. The number of carbonyl (C=O) groups excluding carboxylic acids is 1. The highest BCUT2D eigenvalue weighted by Crippen LogP contribution is 2.37. The Morgan fingerprint density at radius 3 is 2.65 bits per heavy atom. The molecule has 0 radical (unpaired) electrons. The predicted octanol–water partition coefficient (Wildman–Crippen LogP) is 2.17. The number of hydrogen-bond donors (Lipinski definition) is 2. The number of hydrogen-bond acceptors (Lipinski definition) is 3. The van der Waals surface area contributed by atoms with Crippen LogP contribution in [0.15, 0.2) is 24.3 Å². The van der Waals surface area contributed by atoms with E-state index in [-0.39, 0.29) is 11.7 Å². The van der Waals surface area contributed by atoms with E-state index < -0.39 is 0 Å². The molecule has 1 fully saturated rings. The second-order valence-corrected chi connectivity index (χ2v) is 5.17. The van der Waals surface area contributed by atoms with Crippen LogP contribution in [0.1, 0.15) is 53.3 Å². The molecule has 2 N–H and O–H groups in total. The smallest absolute Gasteiger partial charge is 0.291 e. The van der Waals surface area contributed by atoms with Gasteiger partial charge in [0, 0.05) is 12.5 Å². The maximum absolute atomic E-state index is 11.9. The molecule has 0 aliphatic heterocycles. The SMILES string of the molecule is CCc1ccc(CNC(=O)c2n[nH]c(C3CC3)n2)cc1. The van der Waals surface area contributed by atoms with Crippen LogP contribution in [0, 0.1) is 0 Å². The van der Waals surface area contributed by atoms with E-state index in [4.69, 9.17) is 0 Å². The van der Waals surface area contributed by atoms with Crippen molar-refractivity contribution in [3.05, 3.63) is 47.0 Å². The lowest BCUT2D eigenvalue weighted by Crippen LogP contribution is -2.24. The lowest BCUT2D eigenvalue weighted by Gasteiger charge is -2.04. The normalized spacial score (nSPS) is 14.2. The summed E-state index contributed by atoms with van der Waals surface area (Å²) < 4.78 is 0. The fraction of sp³-hybridized carbons (Fsp3) is 0.400. The first-order chi connectivity index (χ1) is 9.76. The Morgan fingerprint density at radius 1 is 1.30 bits per heavy atom. The van der Waals surface area contributed by atoms with Crippen molar-refractivity contribution in [3.63, 3.8) is 0 Å². The Labute approximate surface area is 117 Å². The predicted molar refractivity (Wildman–Crippen MR) is 75.3 cm³/mol. The van der Waals surface area contributed by atoms with Crippen LogP contribution in [0.4, 0.5) is 0 Å². The third-order valence-electron chi connectivity index (χ3n) is 3.55. The topological polar surface area (TPSA) is 70.7 Å². The second-order valence-electron chi connectivity index (χ2n) is 5.17. The summed E-state index contributed by atoms with van der Waals surface area (Å²) in [6.07, 6.45) is 3.30. The summed E-state index contributed by atoms with van der Waals surface area (Å²) in [5, 5.41) is 9.65. The molecule has 20 heavy (non-hydrogen) atoms. The first kappa shape index (κ1) is 12.8. The minimum absolute atomic E-state index is 0.229. The second kappa shape index (κ2) is 5.45. The molecule has 5 heteroatoms. The van der Waals surface area contributed by atoms with E-state index in [0.29, 0.717) is 12.5 Å². The number of rotatable bonds is 5. The summed E-state index contributed by atoms with van der Waals surface area (Å²) in [5.41, 5.74) is 2.37. The van der Waals surface area contributed by atoms with Gasteiger partial charge >= 0.3 is 0 Å². The minimum Gasteiger partial charge on any atom is -0.345 e. The van der Waals surface area contributed by atoms with Crippen molar-refractivity contribution in [1.82, 2.24) is 20.5 Å². The zero-order valence-electron chi connectivity index (χ0n) is 11.5. The monoisotopic (exact) mass is 270 g/mol. The molecular weight excluding hydrogens is 252 g/mol. The van der Waals surface area contributed by atoms with Crippen molar-refractivity contribution in [3.8, 4) is 0 Å². The Kier molecular flexibility index (Phi) is 3.50. The minimum atomic E-state index is -0.229. The third-order valence-corrected chi connectivity index (χ3v) is 3.55. The van der Waals surface area contributed by atoms with Crippen LogP contribution in [0.3, 0.4) is 0 Å². The Bertz CT molecular complexity index is 599. The molecule has 5 nitrogen and oxygen atoms in total. The van der Waals surface area contributed by atoms with Gasteiger partial charge in [-0.25, -0.2) is 4.98 Å². The highest BCUT2D eigenvalue weighted by atomic mass is 16.2. The van der Waals surface area contributed by atoms with Gasteiger partial charge in [0.2, 0.25) is 5.82 Å². The van der Waals surface area contributed by atoms with E-state index in [1.54, 1.807) is 0 Å². The zero-order chi connectivity index (χ0) is 13.9. The lowest BCUT2D eigenvalue weighted by molar-refractivity contribution is 0.0941. The van der Waals surface area contributed by atoms with Crippen LogP contribution >= 0.6 is 0 Å². The molecule has 104 valence electrons. The van der Waals surface area contributed by atoms with Gasteiger partial charge in [-0.05, 0) is 30.4 Å². The highest BCUT2D eigenvalue weighted by molar-refractivity contribution is 5.90. The van der Waals surface area contributed by atoms with Crippen molar-refractivity contribution in [2.75, 3.05) is 0 Å². The van der Waals surface area contributed by atoms with Crippen molar-refractivity contribution in [1.29, 1.82) is 0 Å². The van der Waals surface area contributed by atoms with Gasteiger partial charge < -0.3 is 5.32 Å². The number of aryl methyl sites for hydroxylation is 1. The van der Waals surface area contributed by atoms with E-state index in [0.717, 1.165) is 30.7 Å². The van der Waals surface area contributed by atoms with Crippen LogP contribution < -0.4 is 5.32 Å². The molecule has 2 aromatic rings. The number of nitrogens with one attached hydrogen (secondary N) is 2. The van der Waals surface area contributed by atoms with Crippen molar-refractivity contribution < 1.29 is 4.79 Å². The molecule has 0 bridgehead atoms. The maximum atomic E-state index is 11.9. The maximum Gasteiger partial charge on any atom is 0.291 e. The number of H-pyrrole nitrogens is 1. The summed E-state index contributed by atoms with van der Waals surface area (Å²) in [7, 11) is 0. The van der Waals surface area contributed by atoms with Gasteiger partial charge in [0.15, 0.2) is 0 Å². The Hall–Kier alpha value is -2.17. The molecule has 1 amide bonds. The average Bonchev–Trinajstić information content (AvgIpc) is 3.22. The summed E-state index contributed by atoms with van der Waals surface area (Å²) in [4.78, 5) is 16.2. The molecule has 1 aliphatic carbocycles. The fourth-order valence-corrected chi connectivity index (χ4v) is 2.07. The summed E-state index contributed by atoms with van der Waals surface area (Å²) in [5.74, 6) is 1.32. The number of benzene rings is 1. The van der Waals surface area contributed by atoms with Gasteiger partial charge in [-0.3, -0.25) is 9.89 Å². The standard InChI is InChI=1S/C15H18N4O/c1-2-10-3-5-11(6-4-10)9-16-15(20)14-17-13(18-19-14)12-7-8-12/h3-6,12H,2,7-9H2,1H3,(H,16,20)(H,17,18,19). The highest BCUT2D eigenvalue weighted by Gasteiger charge is 2.28. The van der Waals surface area contributed by atoms with Gasteiger partial charge in [-0.2, -0.15) is 0 Å². The van der Waals surface area contributed by atoms with Gasteiger partial charge in [0.25, 0.3) is 5.91 Å².